The van der Waals surface area contributed by atoms with Crippen molar-refractivity contribution in [1.29, 1.82) is 0 Å². The molecule has 1 aliphatic carbocycles. The molecule has 0 spiro atoms. The van der Waals surface area contributed by atoms with E-state index < -0.39 is 35.6 Å². The van der Waals surface area contributed by atoms with Gasteiger partial charge in [0.25, 0.3) is 0 Å². The summed E-state index contributed by atoms with van der Waals surface area (Å²) in [6.45, 7) is 7.70. The number of terminal acetylenes is 1. The van der Waals surface area contributed by atoms with Crippen LogP contribution in [0.2, 0.25) is 0 Å². The fourth-order valence-corrected chi connectivity index (χ4v) is 3.93. The topological polar surface area (TPSA) is 131 Å². The summed E-state index contributed by atoms with van der Waals surface area (Å²) in [7, 11) is 0. The quantitative estimate of drug-likeness (QED) is 0.276. The van der Waals surface area contributed by atoms with Crippen LogP contribution in [0, 0.1) is 12.3 Å². The number of rotatable bonds is 13. The summed E-state index contributed by atoms with van der Waals surface area (Å²) in [6.07, 6.45) is 8.84. The van der Waals surface area contributed by atoms with Crippen molar-refractivity contribution in [2.24, 2.45) is 5.73 Å². The Balaban J connectivity index is 2.40. The van der Waals surface area contributed by atoms with E-state index in [2.05, 4.69) is 23.5 Å². The molecule has 1 aromatic rings. The van der Waals surface area contributed by atoms with Crippen LogP contribution in [0.4, 0.5) is 4.79 Å². The lowest BCUT2D eigenvalue weighted by atomic mass is 10.00. The summed E-state index contributed by atoms with van der Waals surface area (Å²) >= 11 is 0. The molecule has 4 N–H and O–H groups in total. The second kappa shape index (κ2) is 13.7. The molecule has 2 unspecified atom stereocenters. The zero-order valence-electron chi connectivity index (χ0n) is 22.3. The molecule has 37 heavy (non-hydrogen) atoms. The van der Waals surface area contributed by atoms with Crippen molar-refractivity contribution in [2.75, 3.05) is 6.54 Å². The largest absolute Gasteiger partial charge is 0.444 e. The molecule has 0 heterocycles. The lowest BCUT2D eigenvalue weighted by molar-refractivity contribution is -0.143. The molecular formula is C28H40N4O5. The smallest absolute Gasteiger partial charge is 0.408 e. The molecule has 9 heteroatoms. The Hall–Kier alpha value is -3.54. The number of benzene rings is 1. The van der Waals surface area contributed by atoms with Crippen LogP contribution in [-0.4, -0.2) is 52.9 Å². The minimum Gasteiger partial charge on any atom is -0.444 e. The number of hydrogen-bond acceptors (Lipinski definition) is 5. The van der Waals surface area contributed by atoms with Gasteiger partial charge in [-0.05, 0) is 64.2 Å². The Morgan fingerprint density at radius 1 is 1.16 bits per heavy atom. The number of primary amides is 1. The van der Waals surface area contributed by atoms with Crippen molar-refractivity contribution in [3.8, 4) is 12.3 Å². The molecule has 2 rings (SSSR count). The molecule has 4 amide bonds. The van der Waals surface area contributed by atoms with E-state index in [4.69, 9.17) is 16.9 Å². The Morgan fingerprint density at radius 3 is 2.32 bits per heavy atom. The number of alkyl carbamates (subject to hydrolysis) is 1. The molecule has 0 aromatic heterocycles. The van der Waals surface area contributed by atoms with Crippen molar-refractivity contribution in [1.82, 2.24) is 15.5 Å². The monoisotopic (exact) mass is 512 g/mol. The third-order valence-electron chi connectivity index (χ3n) is 5.86. The van der Waals surface area contributed by atoms with Crippen LogP contribution >= 0.6 is 0 Å². The van der Waals surface area contributed by atoms with Gasteiger partial charge in [0.05, 0.1) is 0 Å². The normalized spacial score (nSPS) is 14.6. The van der Waals surface area contributed by atoms with E-state index in [1.165, 1.54) is 4.90 Å². The van der Waals surface area contributed by atoms with Gasteiger partial charge in [-0.3, -0.25) is 14.4 Å². The van der Waals surface area contributed by atoms with Gasteiger partial charge in [0, 0.05) is 24.6 Å². The minimum atomic E-state index is -1.09. The van der Waals surface area contributed by atoms with Crippen LogP contribution in [0.15, 0.2) is 24.3 Å². The summed E-state index contributed by atoms with van der Waals surface area (Å²) in [5.74, 6) is 1.18. The minimum absolute atomic E-state index is 0.0164. The Morgan fingerprint density at radius 2 is 1.81 bits per heavy atom. The Labute approximate surface area is 219 Å². The van der Waals surface area contributed by atoms with E-state index in [-0.39, 0.29) is 24.8 Å². The van der Waals surface area contributed by atoms with E-state index in [1.807, 2.05) is 0 Å². The number of unbranched alkanes of at least 4 members (excludes halogenated alkanes) is 2. The standard InChI is InChI=1S/C28H40N4O5/c1-6-8-9-18-30-25(34)24(20-12-10-19(7-2)11-13-20)32(21-14-15-21)26(35)22(16-17-23(29)33)31-27(36)37-28(3,4)5/h2,10-13,21-22,24H,6,8-9,14-18H2,1,3-5H3,(H2,29,33)(H,30,34)(H,31,36). The van der Waals surface area contributed by atoms with E-state index in [0.717, 1.165) is 32.1 Å². The zero-order chi connectivity index (χ0) is 27.6. The third-order valence-corrected chi connectivity index (χ3v) is 5.86. The summed E-state index contributed by atoms with van der Waals surface area (Å²) in [5.41, 5.74) is 5.82. The van der Waals surface area contributed by atoms with E-state index >= 15 is 0 Å². The summed E-state index contributed by atoms with van der Waals surface area (Å²) in [6, 6.07) is 4.75. The number of carbonyl (C=O) groups is 4. The Kier molecular flexibility index (Phi) is 11.0. The molecule has 0 radical (unpaired) electrons. The number of nitrogens with one attached hydrogen (secondary N) is 2. The molecule has 9 nitrogen and oxygen atoms in total. The zero-order valence-corrected chi connectivity index (χ0v) is 22.3. The van der Waals surface area contributed by atoms with Gasteiger partial charge < -0.3 is 26.0 Å². The number of nitrogens with two attached hydrogens (primary N) is 1. The highest BCUT2D eigenvalue weighted by molar-refractivity contribution is 5.93. The Bertz CT molecular complexity index is 989. The second-order valence-electron chi connectivity index (χ2n) is 10.3. The van der Waals surface area contributed by atoms with Crippen LogP contribution in [0.25, 0.3) is 0 Å². The highest BCUT2D eigenvalue weighted by Gasteiger charge is 2.44. The van der Waals surface area contributed by atoms with Crippen LogP contribution in [0.3, 0.4) is 0 Å². The molecule has 0 aliphatic heterocycles. The first-order chi connectivity index (χ1) is 17.5. The van der Waals surface area contributed by atoms with Gasteiger partial charge in [-0.1, -0.05) is 37.8 Å². The molecule has 1 aromatic carbocycles. The maximum Gasteiger partial charge on any atom is 0.408 e. The van der Waals surface area contributed by atoms with Crippen molar-refractivity contribution in [3.63, 3.8) is 0 Å². The van der Waals surface area contributed by atoms with Gasteiger partial charge in [0.15, 0.2) is 0 Å². The van der Waals surface area contributed by atoms with Crippen LogP contribution in [-0.2, 0) is 19.1 Å². The van der Waals surface area contributed by atoms with E-state index in [0.29, 0.717) is 17.7 Å². The fraction of sp³-hybridized carbons (Fsp3) is 0.571. The average Bonchev–Trinajstić information content (AvgIpc) is 3.66. The number of amides is 4. The van der Waals surface area contributed by atoms with E-state index in [9.17, 15) is 19.2 Å². The SMILES string of the molecule is C#Cc1ccc(C(C(=O)NCCCCC)N(C(=O)C(CCC(N)=O)NC(=O)OC(C)(C)C)C2CC2)cc1. The van der Waals surface area contributed by atoms with Gasteiger partial charge >= 0.3 is 6.09 Å². The highest BCUT2D eigenvalue weighted by atomic mass is 16.6. The van der Waals surface area contributed by atoms with Gasteiger partial charge in [-0.2, -0.15) is 0 Å². The summed E-state index contributed by atoms with van der Waals surface area (Å²) in [4.78, 5) is 53.1. The fourth-order valence-electron chi connectivity index (χ4n) is 3.93. The van der Waals surface area contributed by atoms with E-state index in [1.54, 1.807) is 45.0 Å². The van der Waals surface area contributed by atoms with Crippen molar-refractivity contribution in [2.45, 2.75) is 96.4 Å². The molecule has 1 fully saturated rings. The first-order valence-electron chi connectivity index (χ1n) is 12.9. The van der Waals surface area contributed by atoms with Crippen LogP contribution < -0.4 is 16.4 Å². The number of hydrogen-bond donors (Lipinski definition) is 3. The lowest BCUT2D eigenvalue weighted by Crippen LogP contribution is -2.54. The van der Waals surface area contributed by atoms with Crippen molar-refractivity contribution >= 4 is 23.8 Å². The van der Waals surface area contributed by atoms with Gasteiger partial charge in [-0.25, -0.2) is 4.79 Å². The molecular weight excluding hydrogens is 472 g/mol. The molecule has 2 atom stereocenters. The molecule has 202 valence electrons. The van der Waals surface area contributed by atoms with Gasteiger partial charge in [0.2, 0.25) is 17.7 Å². The second-order valence-corrected chi connectivity index (χ2v) is 10.3. The number of carbonyl (C=O) groups excluding carboxylic acids is 4. The maximum atomic E-state index is 13.9. The molecule has 0 bridgehead atoms. The number of ether oxygens (including phenoxy) is 1. The first kappa shape index (κ1) is 29.7. The molecule has 1 saturated carbocycles. The van der Waals surface area contributed by atoms with Gasteiger partial charge in [-0.15, -0.1) is 6.42 Å². The third kappa shape index (κ3) is 9.79. The highest BCUT2D eigenvalue weighted by Crippen LogP contribution is 2.36. The van der Waals surface area contributed by atoms with Crippen LogP contribution in [0.5, 0.6) is 0 Å². The molecule has 1 aliphatic rings. The van der Waals surface area contributed by atoms with Gasteiger partial charge in [0.1, 0.15) is 17.7 Å². The first-order valence-corrected chi connectivity index (χ1v) is 12.9. The predicted molar refractivity (Wildman–Crippen MR) is 141 cm³/mol. The maximum absolute atomic E-state index is 13.9. The van der Waals surface area contributed by atoms with Crippen molar-refractivity contribution in [3.05, 3.63) is 35.4 Å². The predicted octanol–water partition coefficient (Wildman–Crippen LogP) is 3.17. The average molecular weight is 513 g/mol. The van der Waals surface area contributed by atoms with Crippen molar-refractivity contribution < 1.29 is 23.9 Å². The lowest BCUT2D eigenvalue weighted by Gasteiger charge is -2.34. The summed E-state index contributed by atoms with van der Waals surface area (Å²) < 4.78 is 5.34. The number of nitrogens with zero attached hydrogens (tertiary/aromatic N) is 1. The summed E-state index contributed by atoms with van der Waals surface area (Å²) in [5, 5.41) is 5.56. The van der Waals surface area contributed by atoms with Crippen LogP contribution in [0.1, 0.15) is 89.8 Å². The molecule has 0 saturated heterocycles.